The van der Waals surface area contributed by atoms with Crippen molar-refractivity contribution in [3.05, 3.63) is 35.4 Å². The normalized spacial score (nSPS) is 11.5. The van der Waals surface area contributed by atoms with Crippen LogP contribution in [0.4, 0.5) is 4.39 Å². The van der Waals surface area contributed by atoms with Crippen molar-refractivity contribution in [3.63, 3.8) is 0 Å². The molecule has 0 spiro atoms. The first kappa shape index (κ1) is 11.7. The molecule has 0 fully saturated rings. The van der Waals surface area contributed by atoms with E-state index >= 15 is 0 Å². The predicted octanol–water partition coefficient (Wildman–Crippen LogP) is 1.90. The number of rotatable bonds is 2. The highest BCUT2D eigenvalue weighted by atomic mass is 19.1. The highest BCUT2D eigenvalue weighted by molar-refractivity contribution is 5.81. The summed E-state index contributed by atoms with van der Waals surface area (Å²) < 4.78 is 16.8. The molecule has 6 heteroatoms. The second kappa shape index (κ2) is 3.81. The number of hydrogen-bond acceptors (Lipinski definition) is 2. The van der Waals surface area contributed by atoms with E-state index in [1.165, 1.54) is 12.1 Å². The molecule has 3 rings (SSSR count). The van der Waals surface area contributed by atoms with Gasteiger partial charge in [0, 0.05) is 18.8 Å². The first-order valence-electron chi connectivity index (χ1n) is 5.82. The lowest BCUT2D eigenvalue weighted by Crippen LogP contribution is -2.05. The molecular weight excluding hydrogens is 249 g/mol. The van der Waals surface area contributed by atoms with E-state index in [1.54, 1.807) is 10.5 Å². The number of aliphatic carboxylic acids is 1. The standard InChI is InChI=1S/C13H12FN3O2/c1-7-11(6-12(18)19)17-10-4-3-8(14)5-9(10)15-13(17)16(7)2/h3-5H,6H2,1-2H3,(H,18,19). The summed E-state index contributed by atoms with van der Waals surface area (Å²) in [5.41, 5.74) is 2.75. The summed E-state index contributed by atoms with van der Waals surface area (Å²) in [5, 5.41) is 9.01. The molecule has 0 bridgehead atoms. The molecule has 0 aliphatic carbocycles. The Balaban J connectivity index is 2.43. The van der Waals surface area contributed by atoms with Crippen LogP contribution in [0.5, 0.6) is 0 Å². The van der Waals surface area contributed by atoms with Crippen LogP contribution in [-0.2, 0) is 18.3 Å². The van der Waals surface area contributed by atoms with Crippen LogP contribution in [0.2, 0.25) is 0 Å². The molecule has 2 heterocycles. The van der Waals surface area contributed by atoms with Gasteiger partial charge in [0.1, 0.15) is 5.82 Å². The van der Waals surface area contributed by atoms with Crippen molar-refractivity contribution in [3.8, 4) is 0 Å². The van der Waals surface area contributed by atoms with Gasteiger partial charge in [0.15, 0.2) is 0 Å². The maximum absolute atomic E-state index is 13.2. The maximum Gasteiger partial charge on any atom is 0.309 e. The fourth-order valence-electron chi connectivity index (χ4n) is 2.39. The lowest BCUT2D eigenvalue weighted by molar-refractivity contribution is -0.136. The van der Waals surface area contributed by atoms with Crippen LogP contribution in [0.15, 0.2) is 18.2 Å². The number of fused-ring (bicyclic) bond motifs is 3. The Hall–Kier alpha value is -2.37. The molecule has 0 atom stereocenters. The molecule has 5 nitrogen and oxygen atoms in total. The summed E-state index contributed by atoms with van der Waals surface area (Å²) in [6, 6.07) is 4.32. The lowest BCUT2D eigenvalue weighted by Gasteiger charge is -2.00. The number of aromatic nitrogens is 3. The Morgan fingerprint density at radius 3 is 2.89 bits per heavy atom. The molecule has 0 unspecified atom stereocenters. The van der Waals surface area contributed by atoms with Gasteiger partial charge in [-0.15, -0.1) is 0 Å². The smallest absolute Gasteiger partial charge is 0.309 e. The Morgan fingerprint density at radius 1 is 1.47 bits per heavy atom. The topological polar surface area (TPSA) is 59.5 Å². The second-order valence-corrected chi connectivity index (χ2v) is 4.54. The van der Waals surface area contributed by atoms with Crippen molar-refractivity contribution in [2.24, 2.45) is 7.05 Å². The van der Waals surface area contributed by atoms with Crippen molar-refractivity contribution < 1.29 is 14.3 Å². The Bertz CT molecular complexity index is 816. The maximum atomic E-state index is 13.2. The highest BCUT2D eigenvalue weighted by Gasteiger charge is 2.18. The van der Waals surface area contributed by atoms with Gasteiger partial charge in [-0.05, 0) is 19.1 Å². The molecule has 0 saturated carbocycles. The van der Waals surface area contributed by atoms with Crippen LogP contribution in [0.1, 0.15) is 11.4 Å². The van der Waals surface area contributed by atoms with Gasteiger partial charge >= 0.3 is 5.97 Å². The molecule has 0 saturated heterocycles. The summed E-state index contributed by atoms with van der Waals surface area (Å²) in [5.74, 6) is -0.638. The zero-order valence-electron chi connectivity index (χ0n) is 10.5. The Kier molecular flexibility index (Phi) is 2.35. The van der Waals surface area contributed by atoms with Crippen LogP contribution in [0.25, 0.3) is 16.8 Å². The molecule has 0 aliphatic heterocycles. The van der Waals surface area contributed by atoms with Crippen molar-refractivity contribution in [2.45, 2.75) is 13.3 Å². The number of carboxylic acid groups (broad SMARTS) is 1. The number of halogens is 1. The molecule has 0 aliphatic rings. The number of carbonyl (C=O) groups is 1. The van der Waals surface area contributed by atoms with Gasteiger partial charge < -0.3 is 9.67 Å². The van der Waals surface area contributed by atoms with Crippen molar-refractivity contribution in [1.29, 1.82) is 0 Å². The number of hydrogen-bond donors (Lipinski definition) is 1. The molecule has 19 heavy (non-hydrogen) atoms. The number of benzene rings is 1. The third-order valence-electron chi connectivity index (χ3n) is 3.41. The van der Waals surface area contributed by atoms with Gasteiger partial charge in [-0.2, -0.15) is 0 Å². The predicted molar refractivity (Wildman–Crippen MR) is 67.7 cm³/mol. The average molecular weight is 261 g/mol. The zero-order valence-corrected chi connectivity index (χ0v) is 10.5. The van der Waals surface area contributed by atoms with E-state index in [0.717, 1.165) is 11.2 Å². The van der Waals surface area contributed by atoms with E-state index in [-0.39, 0.29) is 12.2 Å². The van der Waals surface area contributed by atoms with Crippen LogP contribution in [0, 0.1) is 12.7 Å². The van der Waals surface area contributed by atoms with E-state index in [4.69, 9.17) is 5.11 Å². The molecule has 98 valence electrons. The lowest BCUT2D eigenvalue weighted by atomic mass is 10.2. The first-order valence-corrected chi connectivity index (χ1v) is 5.82. The van der Waals surface area contributed by atoms with Gasteiger partial charge in [0.25, 0.3) is 0 Å². The van der Waals surface area contributed by atoms with Crippen molar-refractivity contribution in [1.82, 2.24) is 14.0 Å². The minimum absolute atomic E-state index is 0.0913. The minimum Gasteiger partial charge on any atom is -0.481 e. The van der Waals surface area contributed by atoms with Crippen molar-refractivity contribution >= 4 is 22.8 Å². The third-order valence-corrected chi connectivity index (χ3v) is 3.41. The molecule has 1 N–H and O–H groups in total. The number of imidazole rings is 2. The van der Waals surface area contributed by atoms with Gasteiger partial charge in [0.05, 0.1) is 23.1 Å². The summed E-state index contributed by atoms with van der Waals surface area (Å²) in [6.07, 6.45) is -0.0913. The van der Waals surface area contributed by atoms with Gasteiger partial charge in [-0.1, -0.05) is 0 Å². The largest absolute Gasteiger partial charge is 0.481 e. The summed E-state index contributed by atoms with van der Waals surface area (Å²) >= 11 is 0. The molecule has 3 aromatic rings. The van der Waals surface area contributed by atoms with E-state index in [1.807, 2.05) is 18.5 Å². The third kappa shape index (κ3) is 1.60. The van der Waals surface area contributed by atoms with Gasteiger partial charge in [-0.25, -0.2) is 9.37 Å². The minimum atomic E-state index is -0.903. The molecule has 0 radical (unpaired) electrons. The van der Waals surface area contributed by atoms with Crippen LogP contribution in [-0.4, -0.2) is 25.0 Å². The fraction of sp³-hybridized carbons (Fsp3) is 0.231. The van der Waals surface area contributed by atoms with E-state index in [2.05, 4.69) is 4.98 Å². The summed E-state index contributed by atoms with van der Waals surface area (Å²) in [7, 11) is 1.82. The second-order valence-electron chi connectivity index (χ2n) is 4.54. The summed E-state index contributed by atoms with van der Waals surface area (Å²) in [4.78, 5) is 15.3. The van der Waals surface area contributed by atoms with Crippen LogP contribution in [0.3, 0.4) is 0 Å². The van der Waals surface area contributed by atoms with Crippen LogP contribution < -0.4 is 0 Å². The molecule has 2 aromatic heterocycles. The molecule has 1 aromatic carbocycles. The molecular formula is C13H12FN3O2. The van der Waals surface area contributed by atoms with E-state index in [9.17, 15) is 9.18 Å². The zero-order chi connectivity index (χ0) is 13.7. The van der Waals surface area contributed by atoms with Gasteiger partial charge in [-0.3, -0.25) is 9.20 Å². The Morgan fingerprint density at radius 2 is 2.21 bits per heavy atom. The SMILES string of the molecule is Cc1c(CC(=O)O)n2c3ccc(F)cc3nc2n1C. The molecule has 0 amide bonds. The van der Waals surface area contributed by atoms with Crippen LogP contribution >= 0.6 is 0 Å². The number of nitrogens with zero attached hydrogens (tertiary/aromatic N) is 3. The summed E-state index contributed by atoms with van der Waals surface area (Å²) in [6.45, 7) is 1.85. The number of carboxylic acids is 1. The number of aryl methyl sites for hydroxylation is 1. The average Bonchev–Trinajstić information content (AvgIpc) is 2.80. The monoisotopic (exact) mass is 261 g/mol. The van der Waals surface area contributed by atoms with Gasteiger partial charge in [0.2, 0.25) is 5.78 Å². The Labute approximate surface area is 107 Å². The van der Waals surface area contributed by atoms with Crippen molar-refractivity contribution in [2.75, 3.05) is 0 Å². The van der Waals surface area contributed by atoms with E-state index < -0.39 is 5.97 Å². The quantitative estimate of drug-likeness (QED) is 0.766. The first-order chi connectivity index (χ1) is 8.99. The highest BCUT2D eigenvalue weighted by Crippen LogP contribution is 2.23. The van der Waals surface area contributed by atoms with E-state index in [0.29, 0.717) is 17.0 Å². The fourth-order valence-corrected chi connectivity index (χ4v) is 2.39.